The fraction of sp³-hybridized carbons (Fsp3) is 0.467. The monoisotopic (exact) mass is 277 g/mol. The average Bonchev–Trinajstić information content (AvgIpc) is 2.44. The highest BCUT2D eigenvalue weighted by Crippen LogP contribution is 2.06. The summed E-state index contributed by atoms with van der Waals surface area (Å²) in [5.41, 5.74) is 0.878. The van der Waals surface area contributed by atoms with Gasteiger partial charge >= 0.3 is 0 Å². The zero-order valence-electron chi connectivity index (χ0n) is 12.3. The molecule has 1 atom stereocenters. The number of hydrogen-bond acceptors (Lipinski definition) is 3. The summed E-state index contributed by atoms with van der Waals surface area (Å²) in [7, 11) is 1.57. The molecule has 1 rings (SSSR count). The molecule has 0 saturated carbocycles. The van der Waals surface area contributed by atoms with Gasteiger partial charge in [0.2, 0.25) is 11.8 Å². The second-order valence-corrected chi connectivity index (χ2v) is 5.08. The summed E-state index contributed by atoms with van der Waals surface area (Å²) in [5.74, 6) is -0.0189. The van der Waals surface area contributed by atoms with Gasteiger partial charge in [-0.25, -0.2) is 0 Å². The van der Waals surface area contributed by atoms with Gasteiger partial charge in [0.05, 0.1) is 6.54 Å². The third-order valence-corrected chi connectivity index (χ3v) is 2.83. The van der Waals surface area contributed by atoms with Crippen molar-refractivity contribution < 1.29 is 9.59 Å². The van der Waals surface area contributed by atoms with Crippen molar-refractivity contribution >= 4 is 17.5 Å². The van der Waals surface area contributed by atoms with Crippen molar-refractivity contribution in [2.45, 2.75) is 26.3 Å². The molecular formula is C15H23N3O2. The van der Waals surface area contributed by atoms with Crippen molar-refractivity contribution in [1.29, 1.82) is 0 Å². The van der Waals surface area contributed by atoms with Crippen LogP contribution in [0.4, 0.5) is 5.69 Å². The van der Waals surface area contributed by atoms with E-state index >= 15 is 0 Å². The van der Waals surface area contributed by atoms with E-state index in [-0.39, 0.29) is 18.4 Å². The molecule has 0 aliphatic heterocycles. The van der Waals surface area contributed by atoms with Crippen LogP contribution >= 0.6 is 0 Å². The zero-order chi connectivity index (χ0) is 15.0. The number of benzene rings is 1. The van der Waals surface area contributed by atoms with E-state index in [1.807, 2.05) is 44.2 Å². The Morgan fingerprint density at radius 1 is 1.15 bits per heavy atom. The maximum Gasteiger partial charge on any atom is 0.242 e. The Labute approximate surface area is 120 Å². The first kappa shape index (κ1) is 16.0. The van der Waals surface area contributed by atoms with E-state index in [4.69, 9.17) is 0 Å². The Bertz CT molecular complexity index is 432. The van der Waals surface area contributed by atoms with E-state index in [9.17, 15) is 9.59 Å². The summed E-state index contributed by atoms with van der Waals surface area (Å²) in [5, 5.41) is 8.35. The number of hydrogen-bond donors (Lipinski definition) is 3. The van der Waals surface area contributed by atoms with Gasteiger partial charge < -0.3 is 16.0 Å². The lowest BCUT2D eigenvalue weighted by Crippen LogP contribution is -2.48. The quantitative estimate of drug-likeness (QED) is 0.705. The molecule has 0 aromatic heterocycles. The molecule has 0 fully saturated rings. The third kappa shape index (κ3) is 5.73. The molecule has 0 bridgehead atoms. The summed E-state index contributed by atoms with van der Waals surface area (Å²) in [6, 6.07) is 8.99. The van der Waals surface area contributed by atoms with Crippen LogP contribution in [0, 0.1) is 5.92 Å². The van der Waals surface area contributed by atoms with Crippen LogP contribution in [0.25, 0.3) is 0 Å². The molecule has 2 amide bonds. The van der Waals surface area contributed by atoms with Crippen LogP contribution in [0.1, 0.15) is 20.3 Å². The number of carbonyl (C=O) groups is 2. The first-order valence-electron chi connectivity index (χ1n) is 6.82. The number of anilines is 1. The lowest BCUT2D eigenvalue weighted by molar-refractivity contribution is -0.128. The largest absolute Gasteiger partial charge is 0.376 e. The van der Waals surface area contributed by atoms with Gasteiger partial charge in [-0.05, 0) is 24.5 Å². The molecule has 1 unspecified atom stereocenters. The molecule has 0 radical (unpaired) electrons. The van der Waals surface area contributed by atoms with Crippen LogP contribution < -0.4 is 16.0 Å². The van der Waals surface area contributed by atoms with E-state index in [1.165, 1.54) is 0 Å². The molecule has 20 heavy (non-hydrogen) atoms. The molecule has 0 aliphatic rings. The summed E-state index contributed by atoms with van der Waals surface area (Å²) >= 11 is 0. The minimum absolute atomic E-state index is 0.148. The summed E-state index contributed by atoms with van der Waals surface area (Å²) < 4.78 is 0. The molecule has 3 N–H and O–H groups in total. The third-order valence-electron chi connectivity index (χ3n) is 2.83. The first-order valence-corrected chi connectivity index (χ1v) is 6.82. The van der Waals surface area contributed by atoms with Gasteiger partial charge in [-0.2, -0.15) is 0 Å². The summed E-state index contributed by atoms with van der Waals surface area (Å²) in [6.45, 7) is 4.18. The first-order chi connectivity index (χ1) is 9.52. The topological polar surface area (TPSA) is 70.2 Å². The summed E-state index contributed by atoms with van der Waals surface area (Å²) in [4.78, 5) is 23.6. The fourth-order valence-electron chi connectivity index (χ4n) is 1.86. The normalized spacial score (nSPS) is 11.8. The molecule has 1 aromatic carbocycles. The number of amides is 2. The Morgan fingerprint density at radius 3 is 2.35 bits per heavy atom. The van der Waals surface area contributed by atoms with E-state index < -0.39 is 6.04 Å². The Kier molecular flexibility index (Phi) is 6.56. The van der Waals surface area contributed by atoms with Gasteiger partial charge in [0, 0.05) is 12.7 Å². The van der Waals surface area contributed by atoms with E-state index in [1.54, 1.807) is 7.05 Å². The number of rotatable bonds is 7. The van der Waals surface area contributed by atoms with Crippen LogP contribution in [0.2, 0.25) is 0 Å². The second kappa shape index (κ2) is 8.19. The minimum Gasteiger partial charge on any atom is -0.376 e. The van der Waals surface area contributed by atoms with Crippen LogP contribution in [0.3, 0.4) is 0 Å². The Morgan fingerprint density at radius 2 is 1.80 bits per heavy atom. The molecule has 5 nitrogen and oxygen atoms in total. The number of nitrogens with one attached hydrogen (secondary N) is 3. The minimum atomic E-state index is -0.481. The van der Waals surface area contributed by atoms with Crippen molar-refractivity contribution in [1.82, 2.24) is 10.6 Å². The SMILES string of the molecule is CNC(=O)C(CC(C)C)NC(=O)CNc1ccccc1. The molecule has 0 saturated heterocycles. The van der Waals surface area contributed by atoms with Gasteiger partial charge in [-0.15, -0.1) is 0 Å². The average molecular weight is 277 g/mol. The van der Waals surface area contributed by atoms with Crippen LogP contribution in [0.15, 0.2) is 30.3 Å². The van der Waals surface area contributed by atoms with Crippen LogP contribution in [-0.4, -0.2) is 31.4 Å². The summed E-state index contributed by atoms with van der Waals surface area (Å²) in [6.07, 6.45) is 0.622. The maximum absolute atomic E-state index is 11.9. The van der Waals surface area contributed by atoms with Crippen molar-refractivity contribution in [3.05, 3.63) is 30.3 Å². The highest BCUT2D eigenvalue weighted by Gasteiger charge is 2.20. The number of likely N-dealkylation sites (N-methyl/N-ethyl adjacent to an activating group) is 1. The van der Waals surface area contributed by atoms with E-state index in [2.05, 4.69) is 16.0 Å². The molecule has 1 aromatic rings. The highest BCUT2D eigenvalue weighted by molar-refractivity contribution is 5.89. The highest BCUT2D eigenvalue weighted by atomic mass is 16.2. The predicted molar refractivity (Wildman–Crippen MR) is 80.4 cm³/mol. The smallest absolute Gasteiger partial charge is 0.242 e. The van der Waals surface area contributed by atoms with E-state index in [0.717, 1.165) is 5.69 Å². The standard InChI is InChI=1S/C15H23N3O2/c1-11(2)9-13(15(20)16-3)18-14(19)10-17-12-7-5-4-6-8-12/h4-8,11,13,17H,9-10H2,1-3H3,(H,16,20)(H,18,19). The van der Waals surface area contributed by atoms with Gasteiger partial charge in [0.25, 0.3) is 0 Å². The van der Waals surface area contributed by atoms with Crippen molar-refractivity contribution in [2.24, 2.45) is 5.92 Å². The maximum atomic E-state index is 11.9. The zero-order valence-corrected chi connectivity index (χ0v) is 12.3. The number of para-hydroxylation sites is 1. The van der Waals surface area contributed by atoms with Crippen LogP contribution in [0.5, 0.6) is 0 Å². The fourth-order valence-corrected chi connectivity index (χ4v) is 1.86. The Hall–Kier alpha value is -2.04. The van der Waals surface area contributed by atoms with Crippen molar-refractivity contribution in [2.75, 3.05) is 18.9 Å². The lowest BCUT2D eigenvalue weighted by Gasteiger charge is -2.19. The van der Waals surface area contributed by atoms with Crippen molar-refractivity contribution in [3.63, 3.8) is 0 Å². The lowest BCUT2D eigenvalue weighted by atomic mass is 10.0. The molecule has 110 valence electrons. The Balaban J connectivity index is 2.47. The second-order valence-electron chi connectivity index (χ2n) is 5.08. The van der Waals surface area contributed by atoms with Gasteiger partial charge in [0.15, 0.2) is 0 Å². The van der Waals surface area contributed by atoms with Gasteiger partial charge in [-0.1, -0.05) is 32.0 Å². The van der Waals surface area contributed by atoms with Gasteiger partial charge in [0.1, 0.15) is 6.04 Å². The van der Waals surface area contributed by atoms with Crippen molar-refractivity contribution in [3.8, 4) is 0 Å². The predicted octanol–water partition coefficient (Wildman–Crippen LogP) is 1.38. The molecule has 5 heteroatoms. The molecule has 0 aliphatic carbocycles. The van der Waals surface area contributed by atoms with Gasteiger partial charge in [-0.3, -0.25) is 9.59 Å². The van der Waals surface area contributed by atoms with Crippen LogP contribution in [-0.2, 0) is 9.59 Å². The molecular weight excluding hydrogens is 254 g/mol. The number of carbonyl (C=O) groups excluding carboxylic acids is 2. The van der Waals surface area contributed by atoms with E-state index in [0.29, 0.717) is 12.3 Å². The molecule has 0 heterocycles. The molecule has 0 spiro atoms.